The van der Waals surface area contributed by atoms with Crippen LogP contribution < -0.4 is 21.3 Å². The topological polar surface area (TPSA) is 146 Å². The van der Waals surface area contributed by atoms with Crippen molar-refractivity contribution in [3.63, 3.8) is 0 Å². The maximum absolute atomic E-state index is 13.7. The van der Waals surface area contributed by atoms with Crippen molar-refractivity contribution >= 4 is 29.4 Å². The van der Waals surface area contributed by atoms with Crippen molar-refractivity contribution in [2.24, 2.45) is 0 Å². The first-order chi connectivity index (χ1) is 20.9. The fourth-order valence-corrected chi connectivity index (χ4v) is 5.16. The summed E-state index contributed by atoms with van der Waals surface area (Å²) in [6.07, 6.45) is 4.44. The lowest BCUT2D eigenvalue weighted by atomic mass is 10.0. The Labute approximate surface area is 252 Å². The summed E-state index contributed by atoms with van der Waals surface area (Å²) in [4.78, 5) is 65.2. The van der Waals surface area contributed by atoms with Gasteiger partial charge in [0.1, 0.15) is 24.2 Å². The molecule has 230 valence electrons. The SMILES string of the molecule is O=C1CCCCNC(=O)[C@H](Cc2ccccc2)NC(=O)[C@H](Cc2ccccc2)NC(=O)[C@H](CCCCCC(=O)[C@H]2CO2)N1. The molecule has 2 heterocycles. The molecule has 4 rings (SSSR count). The van der Waals surface area contributed by atoms with Gasteiger partial charge in [-0.2, -0.15) is 0 Å². The minimum Gasteiger partial charge on any atom is -0.365 e. The first-order valence-electron chi connectivity index (χ1n) is 15.3. The van der Waals surface area contributed by atoms with E-state index in [1.54, 1.807) is 0 Å². The molecule has 0 spiro atoms. The van der Waals surface area contributed by atoms with Crippen molar-refractivity contribution in [3.05, 3.63) is 71.8 Å². The van der Waals surface area contributed by atoms with Gasteiger partial charge in [-0.1, -0.05) is 73.5 Å². The first-order valence-corrected chi connectivity index (χ1v) is 15.3. The number of benzene rings is 2. The monoisotopic (exact) mass is 590 g/mol. The van der Waals surface area contributed by atoms with Crippen LogP contribution in [0.25, 0.3) is 0 Å². The zero-order valence-electron chi connectivity index (χ0n) is 24.5. The molecule has 2 aliphatic heterocycles. The van der Waals surface area contributed by atoms with E-state index in [0.717, 1.165) is 17.5 Å². The van der Waals surface area contributed by atoms with E-state index in [4.69, 9.17) is 4.74 Å². The van der Waals surface area contributed by atoms with Crippen molar-refractivity contribution in [1.82, 2.24) is 21.3 Å². The van der Waals surface area contributed by atoms with Crippen LogP contribution in [-0.4, -0.2) is 66.8 Å². The summed E-state index contributed by atoms with van der Waals surface area (Å²) in [5, 5.41) is 11.5. The maximum Gasteiger partial charge on any atom is 0.243 e. The molecule has 4 amide bonds. The lowest BCUT2D eigenvalue weighted by molar-refractivity contribution is -0.133. The predicted octanol–water partition coefficient (Wildman–Crippen LogP) is 2.14. The van der Waals surface area contributed by atoms with E-state index >= 15 is 0 Å². The van der Waals surface area contributed by atoms with Crippen LogP contribution in [0.1, 0.15) is 62.5 Å². The van der Waals surface area contributed by atoms with Crippen molar-refractivity contribution in [3.8, 4) is 0 Å². The molecule has 0 aliphatic carbocycles. The number of hydrogen-bond donors (Lipinski definition) is 4. The molecule has 4 N–H and O–H groups in total. The van der Waals surface area contributed by atoms with Crippen LogP contribution in [0.2, 0.25) is 0 Å². The zero-order chi connectivity index (χ0) is 30.4. The number of ether oxygens (including phenoxy) is 1. The maximum atomic E-state index is 13.7. The Kier molecular flexibility index (Phi) is 12.3. The highest BCUT2D eigenvalue weighted by Gasteiger charge is 2.31. The van der Waals surface area contributed by atoms with Gasteiger partial charge in [0.05, 0.1) is 6.61 Å². The van der Waals surface area contributed by atoms with Crippen LogP contribution in [0.15, 0.2) is 60.7 Å². The second-order valence-corrected chi connectivity index (χ2v) is 11.3. The summed E-state index contributed by atoms with van der Waals surface area (Å²) in [5.74, 6) is -1.40. The Morgan fingerprint density at radius 1 is 0.698 bits per heavy atom. The minimum atomic E-state index is -0.971. The molecule has 2 aliphatic rings. The standard InChI is InChI=1S/C33H42N4O6/c38-28(29-22-43-29)17-9-3-8-16-25-32(41)37-27(21-24-14-6-2-7-15-24)33(42)36-26(20-23-12-4-1-5-13-23)31(40)34-19-11-10-18-30(39)35-25/h1-2,4-7,12-15,25-27,29H,3,8-11,16-22H2,(H,34,40)(H,35,39)(H,36,42)(H,37,41)/t25-,26-,27-,29+/m0/s1. The molecular formula is C33H42N4O6. The Morgan fingerprint density at radius 2 is 1.28 bits per heavy atom. The number of epoxide rings is 1. The first kappa shape index (κ1) is 31.9. The number of carbonyl (C=O) groups is 5. The molecule has 0 aromatic heterocycles. The molecule has 0 unspecified atom stereocenters. The minimum absolute atomic E-state index is 0.105. The number of carbonyl (C=O) groups excluding carboxylic acids is 5. The lowest BCUT2D eigenvalue weighted by Gasteiger charge is -2.25. The van der Waals surface area contributed by atoms with Crippen molar-refractivity contribution in [2.75, 3.05) is 13.2 Å². The normalized spacial score (nSPS) is 23.5. The number of rotatable bonds is 11. The van der Waals surface area contributed by atoms with Gasteiger partial charge < -0.3 is 26.0 Å². The highest BCUT2D eigenvalue weighted by atomic mass is 16.6. The van der Waals surface area contributed by atoms with Crippen molar-refractivity contribution < 1.29 is 28.7 Å². The molecule has 10 nitrogen and oxygen atoms in total. The zero-order valence-corrected chi connectivity index (χ0v) is 24.5. The third-order valence-electron chi connectivity index (χ3n) is 7.72. The van der Waals surface area contributed by atoms with Crippen LogP contribution in [-0.2, 0) is 41.6 Å². The number of hydrogen-bond acceptors (Lipinski definition) is 6. The molecule has 0 bridgehead atoms. The molecule has 10 heteroatoms. The second-order valence-electron chi connectivity index (χ2n) is 11.3. The molecular weight excluding hydrogens is 548 g/mol. The van der Waals surface area contributed by atoms with Crippen LogP contribution in [0.3, 0.4) is 0 Å². The number of Topliss-reactive ketones (excluding diaryl/α,β-unsaturated/α-hetero) is 1. The number of unbranched alkanes of at least 4 members (excludes halogenated alkanes) is 2. The average molecular weight is 591 g/mol. The molecule has 2 fully saturated rings. The number of nitrogens with one attached hydrogen (secondary N) is 4. The van der Waals surface area contributed by atoms with Gasteiger partial charge in [-0.05, 0) is 36.8 Å². The lowest BCUT2D eigenvalue weighted by Crippen LogP contribution is -2.57. The molecule has 2 saturated heterocycles. The van der Waals surface area contributed by atoms with Gasteiger partial charge >= 0.3 is 0 Å². The quantitative estimate of drug-likeness (QED) is 0.233. The smallest absolute Gasteiger partial charge is 0.243 e. The molecule has 0 radical (unpaired) electrons. The fraction of sp³-hybridized carbons (Fsp3) is 0.485. The number of ketones is 1. The molecule has 2 aromatic rings. The Balaban J connectivity index is 1.49. The highest BCUT2D eigenvalue weighted by Crippen LogP contribution is 2.16. The van der Waals surface area contributed by atoms with Crippen LogP contribution in [0, 0.1) is 0 Å². The summed E-state index contributed by atoms with van der Waals surface area (Å²) in [5.41, 5.74) is 1.74. The van der Waals surface area contributed by atoms with Gasteiger partial charge in [0.25, 0.3) is 0 Å². The molecule has 4 atom stereocenters. The van der Waals surface area contributed by atoms with E-state index in [0.29, 0.717) is 58.1 Å². The van der Waals surface area contributed by atoms with Gasteiger partial charge in [0.15, 0.2) is 5.78 Å². The fourth-order valence-electron chi connectivity index (χ4n) is 5.16. The third kappa shape index (κ3) is 10.9. The summed E-state index contributed by atoms with van der Waals surface area (Å²) >= 11 is 0. The second kappa shape index (κ2) is 16.6. The van der Waals surface area contributed by atoms with Crippen molar-refractivity contribution in [2.45, 2.75) is 88.4 Å². The van der Waals surface area contributed by atoms with Crippen molar-refractivity contribution in [1.29, 1.82) is 0 Å². The third-order valence-corrected chi connectivity index (χ3v) is 7.72. The van der Waals surface area contributed by atoms with E-state index in [9.17, 15) is 24.0 Å². The van der Waals surface area contributed by atoms with Gasteiger partial charge in [-0.25, -0.2) is 0 Å². The average Bonchev–Trinajstić information content (AvgIpc) is 3.86. The summed E-state index contributed by atoms with van der Waals surface area (Å²) in [7, 11) is 0. The Bertz CT molecular complexity index is 1230. The van der Waals surface area contributed by atoms with Gasteiger partial charge in [0, 0.05) is 32.2 Å². The largest absolute Gasteiger partial charge is 0.365 e. The summed E-state index contributed by atoms with van der Waals surface area (Å²) in [6.45, 7) is 0.869. The van der Waals surface area contributed by atoms with E-state index in [1.807, 2.05) is 60.7 Å². The van der Waals surface area contributed by atoms with Crippen LogP contribution in [0.5, 0.6) is 0 Å². The Morgan fingerprint density at radius 3 is 1.88 bits per heavy atom. The van der Waals surface area contributed by atoms with E-state index in [-0.39, 0.29) is 36.5 Å². The molecule has 2 aromatic carbocycles. The highest BCUT2D eigenvalue weighted by molar-refractivity contribution is 5.94. The summed E-state index contributed by atoms with van der Waals surface area (Å²) < 4.78 is 5.04. The predicted molar refractivity (Wildman–Crippen MR) is 161 cm³/mol. The molecule has 43 heavy (non-hydrogen) atoms. The Hall–Kier alpha value is -4.05. The van der Waals surface area contributed by atoms with Crippen LogP contribution in [0.4, 0.5) is 0 Å². The van der Waals surface area contributed by atoms with Gasteiger partial charge in [-0.3, -0.25) is 24.0 Å². The van der Waals surface area contributed by atoms with Crippen LogP contribution >= 0.6 is 0 Å². The summed E-state index contributed by atoms with van der Waals surface area (Å²) in [6, 6.07) is 16.1. The van der Waals surface area contributed by atoms with E-state index < -0.39 is 29.9 Å². The van der Waals surface area contributed by atoms with E-state index in [2.05, 4.69) is 21.3 Å². The van der Waals surface area contributed by atoms with E-state index in [1.165, 1.54) is 0 Å². The number of amides is 4. The van der Waals surface area contributed by atoms with Gasteiger partial charge in [0.2, 0.25) is 23.6 Å². The van der Waals surface area contributed by atoms with Gasteiger partial charge in [-0.15, -0.1) is 0 Å². The molecule has 0 saturated carbocycles.